The number of rotatable bonds is 5. The van der Waals surface area contributed by atoms with Crippen molar-refractivity contribution in [1.82, 2.24) is 15.3 Å². The van der Waals surface area contributed by atoms with Crippen molar-refractivity contribution in [2.75, 3.05) is 6.54 Å². The summed E-state index contributed by atoms with van der Waals surface area (Å²) in [4.78, 5) is 8.30. The van der Waals surface area contributed by atoms with Crippen molar-refractivity contribution < 1.29 is 0 Å². The maximum absolute atomic E-state index is 4.28. The van der Waals surface area contributed by atoms with Crippen molar-refractivity contribution in [2.45, 2.75) is 19.9 Å². The quantitative estimate of drug-likeness (QED) is 0.798. The fourth-order valence-corrected chi connectivity index (χ4v) is 1.70. The van der Waals surface area contributed by atoms with Crippen molar-refractivity contribution >= 4 is 0 Å². The van der Waals surface area contributed by atoms with E-state index < -0.39 is 0 Å². The van der Waals surface area contributed by atoms with Crippen LogP contribution in [0.3, 0.4) is 0 Å². The molecule has 2 heterocycles. The van der Waals surface area contributed by atoms with Gasteiger partial charge in [-0.1, -0.05) is 6.92 Å². The highest BCUT2D eigenvalue weighted by Crippen LogP contribution is 2.17. The highest BCUT2D eigenvalue weighted by atomic mass is 14.8. The molecule has 0 aliphatic rings. The Morgan fingerprint density at radius 3 is 2.65 bits per heavy atom. The predicted molar refractivity (Wildman–Crippen MR) is 69.5 cm³/mol. The zero-order chi connectivity index (χ0) is 11.9. The van der Waals surface area contributed by atoms with E-state index in [-0.39, 0.29) is 0 Å². The zero-order valence-corrected chi connectivity index (χ0v) is 10.1. The van der Waals surface area contributed by atoms with E-state index in [9.17, 15) is 0 Å². The van der Waals surface area contributed by atoms with Crippen molar-refractivity contribution in [3.05, 3.63) is 48.5 Å². The van der Waals surface area contributed by atoms with Gasteiger partial charge in [0, 0.05) is 36.9 Å². The summed E-state index contributed by atoms with van der Waals surface area (Å²) in [5.41, 5.74) is 3.51. The van der Waals surface area contributed by atoms with Crippen molar-refractivity contribution in [2.24, 2.45) is 0 Å². The topological polar surface area (TPSA) is 37.8 Å². The molecule has 0 fully saturated rings. The van der Waals surface area contributed by atoms with Gasteiger partial charge in [0.1, 0.15) is 0 Å². The molecule has 0 radical (unpaired) electrons. The van der Waals surface area contributed by atoms with Gasteiger partial charge in [-0.2, -0.15) is 0 Å². The standard InChI is InChI=1S/C14H17N3/c1-2-5-16-9-12-8-14(11-17-10-12)13-3-6-15-7-4-13/h3-4,6-8,10-11,16H,2,5,9H2,1H3. The van der Waals surface area contributed by atoms with E-state index in [2.05, 4.69) is 28.3 Å². The normalized spacial score (nSPS) is 10.4. The van der Waals surface area contributed by atoms with E-state index in [0.717, 1.165) is 30.6 Å². The lowest BCUT2D eigenvalue weighted by molar-refractivity contribution is 0.674. The molecular formula is C14H17N3. The highest BCUT2D eigenvalue weighted by molar-refractivity contribution is 5.62. The van der Waals surface area contributed by atoms with Crippen LogP contribution in [0, 0.1) is 0 Å². The fraction of sp³-hybridized carbons (Fsp3) is 0.286. The number of aromatic nitrogens is 2. The summed E-state index contributed by atoms with van der Waals surface area (Å²) in [6, 6.07) is 6.17. The molecular weight excluding hydrogens is 210 g/mol. The zero-order valence-electron chi connectivity index (χ0n) is 10.1. The van der Waals surface area contributed by atoms with Gasteiger partial charge in [0.25, 0.3) is 0 Å². The molecule has 0 atom stereocenters. The molecule has 88 valence electrons. The molecule has 0 aliphatic carbocycles. The third-order valence-electron chi connectivity index (χ3n) is 2.56. The Morgan fingerprint density at radius 2 is 1.88 bits per heavy atom. The molecule has 1 N–H and O–H groups in total. The first kappa shape index (κ1) is 11.7. The van der Waals surface area contributed by atoms with Crippen LogP contribution < -0.4 is 5.32 Å². The molecule has 0 bridgehead atoms. The lowest BCUT2D eigenvalue weighted by Gasteiger charge is -2.05. The first-order valence-electron chi connectivity index (χ1n) is 5.95. The van der Waals surface area contributed by atoms with E-state index >= 15 is 0 Å². The predicted octanol–water partition coefficient (Wildman–Crippen LogP) is 2.64. The third-order valence-corrected chi connectivity index (χ3v) is 2.56. The number of hydrogen-bond donors (Lipinski definition) is 1. The van der Waals surface area contributed by atoms with Crippen LogP contribution in [0.25, 0.3) is 11.1 Å². The molecule has 3 heteroatoms. The molecule has 2 rings (SSSR count). The van der Waals surface area contributed by atoms with Gasteiger partial charge in [0.2, 0.25) is 0 Å². The summed E-state index contributed by atoms with van der Waals surface area (Å²) in [6.45, 7) is 4.08. The minimum atomic E-state index is 0.875. The average Bonchev–Trinajstić information content (AvgIpc) is 2.41. The first-order chi connectivity index (χ1) is 8.40. The van der Waals surface area contributed by atoms with Crippen LogP contribution in [0.15, 0.2) is 43.0 Å². The van der Waals surface area contributed by atoms with E-state index in [0.29, 0.717) is 0 Å². The second kappa shape index (κ2) is 6.11. The molecule has 3 nitrogen and oxygen atoms in total. The Balaban J connectivity index is 2.12. The number of hydrogen-bond acceptors (Lipinski definition) is 3. The fourth-order valence-electron chi connectivity index (χ4n) is 1.70. The van der Waals surface area contributed by atoms with Crippen LogP contribution in [0.5, 0.6) is 0 Å². The molecule has 0 aromatic carbocycles. The lowest BCUT2D eigenvalue weighted by atomic mass is 10.1. The Morgan fingerprint density at radius 1 is 1.06 bits per heavy atom. The summed E-state index contributed by atoms with van der Waals surface area (Å²) in [6.07, 6.45) is 8.55. The van der Waals surface area contributed by atoms with Crippen molar-refractivity contribution in [1.29, 1.82) is 0 Å². The Kier molecular flexibility index (Phi) is 4.22. The molecule has 0 unspecified atom stereocenters. The molecule has 0 saturated carbocycles. The molecule has 0 amide bonds. The van der Waals surface area contributed by atoms with E-state index in [1.807, 2.05) is 24.5 Å². The maximum atomic E-state index is 4.28. The molecule has 2 aromatic rings. The minimum absolute atomic E-state index is 0.875. The Labute approximate surface area is 102 Å². The van der Waals surface area contributed by atoms with Gasteiger partial charge in [0.05, 0.1) is 0 Å². The molecule has 0 saturated heterocycles. The van der Waals surface area contributed by atoms with E-state index in [4.69, 9.17) is 0 Å². The maximum Gasteiger partial charge on any atom is 0.0346 e. The largest absolute Gasteiger partial charge is 0.313 e. The van der Waals surface area contributed by atoms with Crippen LogP contribution in [-0.2, 0) is 6.54 Å². The van der Waals surface area contributed by atoms with Crippen LogP contribution in [0.2, 0.25) is 0 Å². The third kappa shape index (κ3) is 3.36. The Hall–Kier alpha value is -1.74. The van der Waals surface area contributed by atoms with Gasteiger partial charge in [-0.15, -0.1) is 0 Å². The van der Waals surface area contributed by atoms with Gasteiger partial charge in [-0.25, -0.2) is 0 Å². The van der Waals surface area contributed by atoms with Crippen LogP contribution in [0.4, 0.5) is 0 Å². The number of nitrogens with one attached hydrogen (secondary N) is 1. The average molecular weight is 227 g/mol. The number of pyridine rings is 2. The monoisotopic (exact) mass is 227 g/mol. The SMILES string of the molecule is CCCNCc1cncc(-c2ccncc2)c1. The molecule has 0 aliphatic heterocycles. The summed E-state index contributed by atoms with van der Waals surface area (Å²) in [5, 5.41) is 3.38. The second-order valence-corrected chi connectivity index (χ2v) is 3.99. The summed E-state index contributed by atoms with van der Waals surface area (Å²) < 4.78 is 0. The van der Waals surface area contributed by atoms with Gasteiger partial charge < -0.3 is 5.32 Å². The van der Waals surface area contributed by atoms with Gasteiger partial charge in [-0.3, -0.25) is 9.97 Å². The summed E-state index contributed by atoms with van der Waals surface area (Å²) in [7, 11) is 0. The smallest absolute Gasteiger partial charge is 0.0346 e. The summed E-state index contributed by atoms with van der Waals surface area (Å²) in [5.74, 6) is 0. The molecule has 17 heavy (non-hydrogen) atoms. The molecule has 2 aromatic heterocycles. The number of nitrogens with zero attached hydrogens (tertiary/aromatic N) is 2. The van der Waals surface area contributed by atoms with Gasteiger partial charge >= 0.3 is 0 Å². The van der Waals surface area contributed by atoms with E-state index in [1.54, 1.807) is 12.4 Å². The second-order valence-electron chi connectivity index (χ2n) is 3.99. The van der Waals surface area contributed by atoms with Crippen LogP contribution in [-0.4, -0.2) is 16.5 Å². The lowest BCUT2D eigenvalue weighted by Crippen LogP contribution is -2.13. The van der Waals surface area contributed by atoms with Gasteiger partial charge in [-0.05, 0) is 42.3 Å². The van der Waals surface area contributed by atoms with Crippen LogP contribution >= 0.6 is 0 Å². The first-order valence-corrected chi connectivity index (χ1v) is 5.95. The Bertz CT molecular complexity index is 454. The molecule has 0 spiro atoms. The van der Waals surface area contributed by atoms with Gasteiger partial charge in [0.15, 0.2) is 0 Å². The van der Waals surface area contributed by atoms with E-state index in [1.165, 1.54) is 5.56 Å². The minimum Gasteiger partial charge on any atom is -0.313 e. The van der Waals surface area contributed by atoms with Crippen molar-refractivity contribution in [3.63, 3.8) is 0 Å². The van der Waals surface area contributed by atoms with Crippen molar-refractivity contribution in [3.8, 4) is 11.1 Å². The highest BCUT2D eigenvalue weighted by Gasteiger charge is 1.99. The van der Waals surface area contributed by atoms with Crippen LogP contribution in [0.1, 0.15) is 18.9 Å². The summed E-state index contributed by atoms with van der Waals surface area (Å²) >= 11 is 0.